The fourth-order valence-electron chi connectivity index (χ4n) is 4.62. The molecule has 0 saturated carbocycles. The van der Waals surface area contributed by atoms with Gasteiger partial charge in [-0.2, -0.15) is 5.10 Å². The van der Waals surface area contributed by atoms with E-state index in [9.17, 15) is 5.11 Å². The second-order valence-electron chi connectivity index (χ2n) is 8.56. The van der Waals surface area contributed by atoms with E-state index in [-0.39, 0.29) is 11.8 Å². The van der Waals surface area contributed by atoms with Crippen LogP contribution in [-0.4, -0.2) is 42.3 Å². The van der Waals surface area contributed by atoms with Crippen molar-refractivity contribution in [2.45, 2.75) is 12.5 Å². The summed E-state index contributed by atoms with van der Waals surface area (Å²) in [4.78, 5) is 0. The van der Waals surface area contributed by atoms with E-state index in [1.54, 1.807) is 44.5 Å². The number of fused-ring (bicyclic) bond motifs is 1. The Balaban J connectivity index is 1.59. The second kappa shape index (κ2) is 10.4. The molecule has 4 aromatic carbocycles. The lowest BCUT2D eigenvalue weighted by atomic mass is 9.93. The van der Waals surface area contributed by atoms with Gasteiger partial charge in [0, 0.05) is 29.1 Å². The summed E-state index contributed by atoms with van der Waals surface area (Å²) in [5, 5.41) is 23.2. The molecule has 1 aliphatic heterocycles. The Morgan fingerprint density at radius 3 is 2.41 bits per heavy atom. The fraction of sp³-hybridized carbons (Fsp3) is 0.172. The van der Waals surface area contributed by atoms with Gasteiger partial charge in [-0.15, -0.1) is 0 Å². The van der Waals surface area contributed by atoms with Gasteiger partial charge in [0.15, 0.2) is 5.11 Å². The Kier molecular flexibility index (Phi) is 6.83. The quantitative estimate of drug-likeness (QED) is 0.301. The molecule has 0 radical (unpaired) electrons. The third-order valence-corrected chi connectivity index (χ3v) is 6.74. The monoisotopic (exact) mass is 513 g/mol. The van der Waals surface area contributed by atoms with Crippen LogP contribution in [0.15, 0.2) is 84.0 Å². The Morgan fingerprint density at radius 1 is 0.892 bits per heavy atom. The summed E-state index contributed by atoms with van der Waals surface area (Å²) in [6, 6.07) is 24.6. The molecule has 0 fully saturated rings. The molecule has 4 aromatic rings. The van der Waals surface area contributed by atoms with Crippen LogP contribution in [0.2, 0.25) is 0 Å². The van der Waals surface area contributed by atoms with Crippen molar-refractivity contribution >= 4 is 39.5 Å². The highest BCUT2D eigenvalue weighted by molar-refractivity contribution is 7.80. The lowest BCUT2D eigenvalue weighted by Gasteiger charge is -2.26. The van der Waals surface area contributed by atoms with Gasteiger partial charge >= 0.3 is 0 Å². The molecular formula is C29H27N3O4S. The summed E-state index contributed by atoms with van der Waals surface area (Å²) in [5.41, 5.74) is 3.15. The Labute approximate surface area is 220 Å². The predicted molar refractivity (Wildman–Crippen MR) is 150 cm³/mol. The van der Waals surface area contributed by atoms with Crippen LogP contribution in [0.4, 0.5) is 5.69 Å². The van der Waals surface area contributed by atoms with Crippen molar-refractivity contribution in [3.05, 3.63) is 90.0 Å². The molecule has 188 valence electrons. The van der Waals surface area contributed by atoms with Crippen LogP contribution < -0.4 is 19.5 Å². The van der Waals surface area contributed by atoms with Crippen LogP contribution in [0.25, 0.3) is 10.8 Å². The maximum Gasteiger partial charge on any atom is 0.194 e. The molecule has 1 unspecified atom stereocenters. The average Bonchev–Trinajstić information content (AvgIpc) is 3.38. The number of aromatic hydroxyl groups is 1. The summed E-state index contributed by atoms with van der Waals surface area (Å²) in [6.45, 7) is 0. The molecule has 8 heteroatoms. The first-order chi connectivity index (χ1) is 18.0. The Bertz CT molecular complexity index is 1500. The van der Waals surface area contributed by atoms with Crippen molar-refractivity contribution in [3.63, 3.8) is 0 Å². The Morgan fingerprint density at radius 2 is 1.65 bits per heavy atom. The van der Waals surface area contributed by atoms with Crippen molar-refractivity contribution in [3.8, 4) is 23.0 Å². The maximum atomic E-state index is 10.7. The van der Waals surface area contributed by atoms with E-state index < -0.39 is 0 Å². The highest BCUT2D eigenvalue weighted by atomic mass is 32.1. The third-order valence-electron chi connectivity index (χ3n) is 6.45. The van der Waals surface area contributed by atoms with Gasteiger partial charge in [-0.1, -0.05) is 36.4 Å². The maximum absolute atomic E-state index is 10.7. The number of anilines is 1. The first kappa shape index (κ1) is 24.4. The lowest BCUT2D eigenvalue weighted by molar-refractivity contribution is 0.377. The molecule has 5 rings (SSSR count). The predicted octanol–water partition coefficient (Wildman–Crippen LogP) is 6.12. The minimum Gasteiger partial charge on any atom is -0.507 e. The van der Waals surface area contributed by atoms with Gasteiger partial charge < -0.3 is 24.6 Å². The van der Waals surface area contributed by atoms with E-state index in [1.165, 1.54) is 0 Å². The van der Waals surface area contributed by atoms with E-state index in [0.717, 1.165) is 33.5 Å². The van der Waals surface area contributed by atoms with E-state index >= 15 is 0 Å². The minimum atomic E-state index is -0.220. The molecule has 1 heterocycles. The number of methoxy groups -OCH3 is 3. The van der Waals surface area contributed by atoms with Gasteiger partial charge in [-0.05, 0) is 59.6 Å². The van der Waals surface area contributed by atoms with Crippen LogP contribution in [0.1, 0.15) is 23.6 Å². The van der Waals surface area contributed by atoms with E-state index in [1.807, 2.05) is 48.5 Å². The van der Waals surface area contributed by atoms with Crippen molar-refractivity contribution in [2.24, 2.45) is 5.10 Å². The number of phenolic OH excluding ortho intramolecular Hbond substituents is 1. The molecule has 0 spiro atoms. The summed E-state index contributed by atoms with van der Waals surface area (Å²) in [5.74, 6) is 2.29. The standard InChI is InChI=1S/C29H27N3O4S/c1-34-19-8-6-7-18(15-19)30-29(37)32-26(17-25(31-32)24-16-20(35-2)11-13-27(24)33)22-12-14-28(36-3)23-10-5-4-9-21(22)23/h4-16,26,33H,17H2,1-3H3,(H,30,37). The number of rotatable bonds is 6. The van der Waals surface area contributed by atoms with Crippen LogP contribution >= 0.6 is 12.2 Å². The first-order valence-corrected chi connectivity index (χ1v) is 12.2. The van der Waals surface area contributed by atoms with Gasteiger partial charge in [0.25, 0.3) is 0 Å². The van der Waals surface area contributed by atoms with Crippen molar-refractivity contribution in [2.75, 3.05) is 26.6 Å². The van der Waals surface area contributed by atoms with E-state index in [0.29, 0.717) is 28.6 Å². The molecule has 0 saturated heterocycles. The molecule has 0 amide bonds. The van der Waals surface area contributed by atoms with Gasteiger partial charge in [0.05, 0.1) is 33.1 Å². The van der Waals surface area contributed by atoms with Gasteiger partial charge in [-0.25, -0.2) is 5.01 Å². The van der Waals surface area contributed by atoms with Crippen LogP contribution in [-0.2, 0) is 0 Å². The molecule has 7 nitrogen and oxygen atoms in total. The van der Waals surface area contributed by atoms with E-state index in [2.05, 4.69) is 17.4 Å². The number of thiocarbonyl (C=S) groups is 1. The van der Waals surface area contributed by atoms with Crippen LogP contribution in [0, 0.1) is 0 Å². The zero-order chi connectivity index (χ0) is 25.9. The molecule has 0 aromatic heterocycles. The number of nitrogens with zero attached hydrogens (tertiary/aromatic N) is 2. The molecule has 0 bridgehead atoms. The fourth-order valence-corrected chi connectivity index (χ4v) is 4.91. The summed E-state index contributed by atoms with van der Waals surface area (Å²) < 4.78 is 16.4. The molecule has 37 heavy (non-hydrogen) atoms. The molecule has 1 aliphatic rings. The minimum absolute atomic E-state index is 0.131. The second-order valence-corrected chi connectivity index (χ2v) is 8.95. The zero-order valence-corrected chi connectivity index (χ0v) is 21.6. The summed E-state index contributed by atoms with van der Waals surface area (Å²) in [6.07, 6.45) is 0.525. The highest BCUT2D eigenvalue weighted by Gasteiger charge is 2.34. The third kappa shape index (κ3) is 4.75. The van der Waals surface area contributed by atoms with Gasteiger partial charge in [0.2, 0.25) is 0 Å². The largest absolute Gasteiger partial charge is 0.507 e. The van der Waals surface area contributed by atoms with Crippen LogP contribution in [0.3, 0.4) is 0 Å². The van der Waals surface area contributed by atoms with Crippen molar-refractivity contribution in [1.82, 2.24) is 5.01 Å². The zero-order valence-electron chi connectivity index (χ0n) is 20.8. The number of hydrogen-bond acceptors (Lipinski definition) is 6. The molecule has 1 atom stereocenters. The van der Waals surface area contributed by atoms with E-state index in [4.69, 9.17) is 31.5 Å². The lowest BCUT2D eigenvalue weighted by Crippen LogP contribution is -2.31. The number of hydrogen-bond donors (Lipinski definition) is 2. The topological polar surface area (TPSA) is 75.6 Å². The number of ether oxygens (including phenoxy) is 3. The molecule has 0 aliphatic carbocycles. The summed E-state index contributed by atoms with van der Waals surface area (Å²) >= 11 is 5.86. The van der Waals surface area contributed by atoms with Crippen molar-refractivity contribution in [1.29, 1.82) is 0 Å². The average molecular weight is 514 g/mol. The van der Waals surface area contributed by atoms with Gasteiger partial charge in [-0.3, -0.25) is 0 Å². The number of nitrogens with one attached hydrogen (secondary N) is 1. The molecule has 2 N–H and O–H groups in total. The first-order valence-electron chi connectivity index (χ1n) is 11.8. The van der Waals surface area contributed by atoms with Crippen LogP contribution in [0.5, 0.6) is 23.0 Å². The highest BCUT2D eigenvalue weighted by Crippen LogP contribution is 2.40. The SMILES string of the molecule is COc1cccc(NC(=S)N2N=C(c3cc(OC)ccc3O)CC2c2ccc(OC)c3ccccc23)c1. The van der Waals surface area contributed by atoms with Gasteiger partial charge in [0.1, 0.15) is 23.0 Å². The van der Waals surface area contributed by atoms with Crippen molar-refractivity contribution < 1.29 is 19.3 Å². The molecular weight excluding hydrogens is 486 g/mol. The number of hydrazone groups is 1. The smallest absolute Gasteiger partial charge is 0.194 e. The summed E-state index contributed by atoms with van der Waals surface area (Å²) in [7, 11) is 4.89. The number of phenols is 1. The normalized spacial score (nSPS) is 14.8. The Hall–Kier alpha value is -4.30. The number of benzene rings is 4.